The highest BCUT2D eigenvalue weighted by Gasteiger charge is 2.27. The molecule has 2 aromatic carbocycles. The summed E-state index contributed by atoms with van der Waals surface area (Å²) in [4.78, 5) is 27.6. The molecule has 1 aliphatic rings. The number of carbonyl (C=O) groups is 2. The Morgan fingerprint density at radius 2 is 1.69 bits per heavy atom. The van der Waals surface area contributed by atoms with E-state index < -0.39 is 0 Å². The Labute approximate surface area is 162 Å². The Kier molecular flexibility index (Phi) is 6.58. The second kappa shape index (κ2) is 9.10. The predicted octanol–water partition coefficient (Wildman–Crippen LogP) is 4.31. The van der Waals surface area contributed by atoms with Gasteiger partial charge < -0.3 is 10.2 Å². The lowest BCUT2D eigenvalue weighted by molar-refractivity contribution is -0.132. The maximum absolute atomic E-state index is 12.4. The molecule has 0 aliphatic carbocycles. The van der Waals surface area contributed by atoms with E-state index in [4.69, 9.17) is 11.6 Å². The third-order valence-corrected chi connectivity index (χ3v) is 5.68. The van der Waals surface area contributed by atoms with Crippen LogP contribution < -0.4 is 5.32 Å². The molecule has 1 N–H and O–H groups in total. The molecule has 1 fully saturated rings. The molecule has 2 aromatic rings. The van der Waals surface area contributed by atoms with Crippen LogP contribution in [0.3, 0.4) is 0 Å². The number of anilines is 1. The van der Waals surface area contributed by atoms with Crippen LogP contribution in [0.1, 0.15) is 12.8 Å². The van der Waals surface area contributed by atoms with Gasteiger partial charge in [-0.05, 0) is 49.2 Å². The number of benzene rings is 2. The molecule has 0 radical (unpaired) electrons. The number of para-hydroxylation sites is 1. The van der Waals surface area contributed by atoms with Crippen molar-refractivity contribution in [3.8, 4) is 0 Å². The average Bonchev–Trinajstić information content (AvgIpc) is 2.68. The van der Waals surface area contributed by atoms with Crippen LogP contribution in [0.4, 0.5) is 5.69 Å². The number of rotatable bonds is 5. The minimum Gasteiger partial charge on any atom is -0.342 e. The number of carbonyl (C=O) groups excluding carboxylic acids is 2. The highest BCUT2D eigenvalue weighted by molar-refractivity contribution is 8.00. The van der Waals surface area contributed by atoms with Gasteiger partial charge in [-0.3, -0.25) is 9.59 Å². The molecule has 0 bridgehead atoms. The number of halogens is 1. The molecule has 136 valence electrons. The second-order valence-electron chi connectivity index (χ2n) is 6.25. The van der Waals surface area contributed by atoms with E-state index in [1.54, 1.807) is 0 Å². The summed E-state index contributed by atoms with van der Waals surface area (Å²) in [6, 6.07) is 17.0. The normalized spacial score (nSPS) is 14.9. The first-order chi connectivity index (χ1) is 12.6. The van der Waals surface area contributed by atoms with Gasteiger partial charge in [-0.15, -0.1) is 11.8 Å². The SMILES string of the molecule is O=C(Nc1ccccc1)C1CCN(C(=O)CSc2ccc(Cl)cc2)CC1. The summed E-state index contributed by atoms with van der Waals surface area (Å²) in [5.74, 6) is 0.525. The van der Waals surface area contributed by atoms with Crippen molar-refractivity contribution < 1.29 is 9.59 Å². The number of piperidine rings is 1. The van der Waals surface area contributed by atoms with Gasteiger partial charge in [0.25, 0.3) is 0 Å². The van der Waals surface area contributed by atoms with Crippen molar-refractivity contribution in [1.29, 1.82) is 0 Å². The molecule has 0 saturated carbocycles. The van der Waals surface area contributed by atoms with Gasteiger partial charge in [0, 0.05) is 34.6 Å². The van der Waals surface area contributed by atoms with Crippen molar-refractivity contribution in [2.45, 2.75) is 17.7 Å². The van der Waals surface area contributed by atoms with Gasteiger partial charge in [-0.2, -0.15) is 0 Å². The quantitative estimate of drug-likeness (QED) is 0.776. The molecule has 4 nitrogen and oxygen atoms in total. The highest BCUT2D eigenvalue weighted by atomic mass is 35.5. The molecule has 6 heteroatoms. The number of nitrogens with one attached hydrogen (secondary N) is 1. The van der Waals surface area contributed by atoms with Gasteiger partial charge >= 0.3 is 0 Å². The van der Waals surface area contributed by atoms with Crippen molar-refractivity contribution in [3.05, 3.63) is 59.6 Å². The van der Waals surface area contributed by atoms with Crippen LogP contribution in [-0.2, 0) is 9.59 Å². The molecule has 2 amide bonds. The Balaban J connectivity index is 1.43. The summed E-state index contributed by atoms with van der Waals surface area (Å²) in [5.41, 5.74) is 0.815. The fourth-order valence-corrected chi connectivity index (χ4v) is 3.85. The Hall–Kier alpha value is -1.98. The largest absolute Gasteiger partial charge is 0.342 e. The number of hydrogen-bond donors (Lipinski definition) is 1. The third-order valence-electron chi connectivity index (χ3n) is 4.44. The van der Waals surface area contributed by atoms with Gasteiger partial charge in [0.15, 0.2) is 0 Å². The van der Waals surface area contributed by atoms with Crippen LogP contribution in [0.15, 0.2) is 59.5 Å². The molecular formula is C20H21ClN2O2S. The molecule has 3 rings (SSSR count). The Morgan fingerprint density at radius 1 is 1.04 bits per heavy atom. The number of nitrogens with zero attached hydrogens (tertiary/aromatic N) is 1. The fraction of sp³-hybridized carbons (Fsp3) is 0.300. The van der Waals surface area contributed by atoms with Crippen LogP contribution in [-0.4, -0.2) is 35.6 Å². The minimum atomic E-state index is -0.0387. The lowest BCUT2D eigenvalue weighted by atomic mass is 9.96. The summed E-state index contributed by atoms with van der Waals surface area (Å²) in [6.07, 6.45) is 1.41. The monoisotopic (exact) mass is 388 g/mol. The van der Waals surface area contributed by atoms with Crippen LogP contribution in [0.5, 0.6) is 0 Å². The summed E-state index contributed by atoms with van der Waals surface area (Å²) < 4.78 is 0. The standard InChI is InChI=1S/C20H21ClN2O2S/c21-16-6-8-18(9-7-16)26-14-19(24)23-12-10-15(11-13-23)20(25)22-17-4-2-1-3-5-17/h1-9,15H,10-14H2,(H,22,25). The van der Waals surface area contributed by atoms with Crippen molar-refractivity contribution in [1.82, 2.24) is 4.90 Å². The second-order valence-corrected chi connectivity index (χ2v) is 7.74. The molecule has 0 atom stereocenters. The van der Waals surface area contributed by atoms with E-state index in [1.165, 1.54) is 11.8 Å². The van der Waals surface area contributed by atoms with E-state index in [0.29, 0.717) is 36.7 Å². The molecule has 1 heterocycles. The van der Waals surface area contributed by atoms with Gasteiger partial charge in [0.2, 0.25) is 11.8 Å². The number of thioether (sulfide) groups is 1. The molecule has 0 spiro atoms. The minimum absolute atomic E-state index is 0.0387. The number of likely N-dealkylation sites (tertiary alicyclic amines) is 1. The highest BCUT2D eigenvalue weighted by Crippen LogP contribution is 2.23. The summed E-state index contributed by atoms with van der Waals surface area (Å²) in [6.45, 7) is 1.26. The van der Waals surface area contributed by atoms with Crippen molar-refractivity contribution in [2.75, 3.05) is 24.2 Å². The number of hydrogen-bond acceptors (Lipinski definition) is 3. The molecule has 1 saturated heterocycles. The average molecular weight is 389 g/mol. The molecular weight excluding hydrogens is 368 g/mol. The van der Waals surface area contributed by atoms with Crippen molar-refractivity contribution in [2.24, 2.45) is 5.92 Å². The van der Waals surface area contributed by atoms with E-state index in [1.807, 2.05) is 59.5 Å². The molecule has 1 aliphatic heterocycles. The zero-order valence-electron chi connectivity index (χ0n) is 14.4. The maximum atomic E-state index is 12.4. The molecule has 0 aromatic heterocycles. The summed E-state index contributed by atoms with van der Waals surface area (Å²) in [7, 11) is 0. The molecule has 26 heavy (non-hydrogen) atoms. The number of amides is 2. The maximum Gasteiger partial charge on any atom is 0.232 e. The first-order valence-corrected chi connectivity index (χ1v) is 10.0. The van der Waals surface area contributed by atoms with E-state index in [-0.39, 0.29) is 17.7 Å². The van der Waals surface area contributed by atoms with E-state index in [0.717, 1.165) is 10.6 Å². The van der Waals surface area contributed by atoms with E-state index >= 15 is 0 Å². The van der Waals surface area contributed by atoms with Crippen LogP contribution >= 0.6 is 23.4 Å². The first kappa shape index (κ1) is 18.8. The lowest BCUT2D eigenvalue weighted by Gasteiger charge is -2.31. The Morgan fingerprint density at radius 3 is 2.35 bits per heavy atom. The van der Waals surface area contributed by atoms with Crippen LogP contribution in [0.2, 0.25) is 5.02 Å². The van der Waals surface area contributed by atoms with Gasteiger partial charge in [-0.25, -0.2) is 0 Å². The zero-order valence-corrected chi connectivity index (χ0v) is 15.9. The van der Waals surface area contributed by atoms with Crippen molar-refractivity contribution >= 4 is 40.9 Å². The van der Waals surface area contributed by atoms with E-state index in [9.17, 15) is 9.59 Å². The smallest absolute Gasteiger partial charge is 0.232 e. The van der Waals surface area contributed by atoms with Crippen molar-refractivity contribution in [3.63, 3.8) is 0 Å². The third kappa shape index (κ3) is 5.26. The lowest BCUT2D eigenvalue weighted by Crippen LogP contribution is -2.42. The van der Waals surface area contributed by atoms with Crippen LogP contribution in [0, 0.1) is 5.92 Å². The zero-order chi connectivity index (χ0) is 18.4. The Bertz CT molecular complexity index is 744. The van der Waals surface area contributed by atoms with Gasteiger partial charge in [0.1, 0.15) is 0 Å². The summed E-state index contributed by atoms with van der Waals surface area (Å²) in [5, 5.41) is 3.64. The van der Waals surface area contributed by atoms with E-state index in [2.05, 4.69) is 5.32 Å². The topological polar surface area (TPSA) is 49.4 Å². The van der Waals surface area contributed by atoms with Gasteiger partial charge in [0.05, 0.1) is 5.75 Å². The first-order valence-electron chi connectivity index (χ1n) is 8.64. The fourth-order valence-electron chi connectivity index (χ4n) is 2.92. The summed E-state index contributed by atoms with van der Waals surface area (Å²) >= 11 is 7.38. The predicted molar refractivity (Wildman–Crippen MR) is 107 cm³/mol. The molecule has 0 unspecified atom stereocenters. The van der Waals surface area contributed by atoms with Gasteiger partial charge in [-0.1, -0.05) is 29.8 Å². The van der Waals surface area contributed by atoms with Crippen LogP contribution in [0.25, 0.3) is 0 Å².